The fourth-order valence-corrected chi connectivity index (χ4v) is 3.97. The zero-order valence-electron chi connectivity index (χ0n) is 11.6. The monoisotopic (exact) mass is 296 g/mol. The van der Waals surface area contributed by atoms with Crippen LogP contribution in [0.15, 0.2) is 27.5 Å². The van der Waals surface area contributed by atoms with Gasteiger partial charge in [-0.25, -0.2) is 8.42 Å². The number of rotatable bonds is 5. The van der Waals surface area contributed by atoms with Gasteiger partial charge in [-0.3, -0.25) is 0 Å². The zero-order valence-corrected chi connectivity index (χ0v) is 12.4. The maximum atomic E-state index is 12.6. The predicted molar refractivity (Wildman–Crippen MR) is 75.8 cm³/mol. The largest absolute Gasteiger partial charge is 0.464 e. The maximum Gasteiger partial charge on any atom is 0.246 e. The fourth-order valence-electron chi connectivity index (χ4n) is 2.38. The molecule has 1 aliphatic heterocycles. The second-order valence-electron chi connectivity index (χ2n) is 5.41. The molecule has 0 aromatic carbocycles. The highest BCUT2D eigenvalue weighted by Gasteiger charge is 2.29. The minimum Gasteiger partial charge on any atom is -0.464 e. The number of sulfonamides is 1. The van der Waals surface area contributed by atoms with Gasteiger partial charge in [-0.05, 0) is 26.2 Å². The third-order valence-corrected chi connectivity index (χ3v) is 5.68. The van der Waals surface area contributed by atoms with E-state index in [1.807, 2.05) is 12.2 Å². The highest BCUT2D eigenvalue weighted by Crippen LogP contribution is 2.26. The second kappa shape index (κ2) is 5.35. The van der Waals surface area contributed by atoms with E-state index in [0.29, 0.717) is 42.1 Å². The Bertz CT molecular complexity index is 614. The van der Waals surface area contributed by atoms with Crippen molar-refractivity contribution in [2.75, 3.05) is 13.1 Å². The molecule has 1 saturated carbocycles. The molecule has 1 aromatic heterocycles. The lowest BCUT2D eigenvalue weighted by Gasteiger charge is -2.22. The van der Waals surface area contributed by atoms with Gasteiger partial charge in [-0.1, -0.05) is 12.2 Å². The Morgan fingerprint density at radius 1 is 1.40 bits per heavy atom. The van der Waals surface area contributed by atoms with Crippen LogP contribution in [-0.4, -0.2) is 31.9 Å². The highest BCUT2D eigenvalue weighted by molar-refractivity contribution is 7.89. The van der Waals surface area contributed by atoms with E-state index in [1.54, 1.807) is 13.0 Å². The molecule has 1 fully saturated rings. The van der Waals surface area contributed by atoms with Gasteiger partial charge in [0.05, 0.1) is 6.54 Å². The van der Waals surface area contributed by atoms with Crippen LogP contribution in [0, 0.1) is 6.92 Å². The van der Waals surface area contributed by atoms with Crippen molar-refractivity contribution in [1.82, 2.24) is 9.62 Å². The van der Waals surface area contributed by atoms with E-state index in [1.165, 1.54) is 17.1 Å². The Balaban J connectivity index is 1.79. The van der Waals surface area contributed by atoms with E-state index in [4.69, 9.17) is 4.42 Å². The molecule has 0 saturated heterocycles. The van der Waals surface area contributed by atoms with Crippen molar-refractivity contribution in [1.29, 1.82) is 0 Å². The third kappa shape index (κ3) is 2.82. The van der Waals surface area contributed by atoms with Gasteiger partial charge < -0.3 is 9.73 Å². The summed E-state index contributed by atoms with van der Waals surface area (Å²) in [6, 6.07) is 2.24. The zero-order chi connectivity index (χ0) is 14.2. The van der Waals surface area contributed by atoms with E-state index >= 15 is 0 Å². The number of hydrogen-bond acceptors (Lipinski definition) is 4. The molecule has 1 aromatic rings. The van der Waals surface area contributed by atoms with Crippen LogP contribution in [0.25, 0.3) is 0 Å². The van der Waals surface area contributed by atoms with Crippen molar-refractivity contribution < 1.29 is 12.8 Å². The summed E-state index contributed by atoms with van der Waals surface area (Å²) in [5, 5.41) is 3.33. The first-order valence-corrected chi connectivity index (χ1v) is 8.49. The van der Waals surface area contributed by atoms with E-state index in [0.717, 1.165) is 6.42 Å². The molecule has 0 unspecified atom stereocenters. The molecule has 110 valence electrons. The average molecular weight is 296 g/mol. The lowest BCUT2D eigenvalue weighted by molar-refractivity contribution is 0.431. The van der Waals surface area contributed by atoms with Crippen molar-refractivity contribution in [3.8, 4) is 0 Å². The minimum absolute atomic E-state index is 0.306. The van der Waals surface area contributed by atoms with E-state index < -0.39 is 10.0 Å². The van der Waals surface area contributed by atoms with Crippen LogP contribution in [0.3, 0.4) is 0 Å². The summed E-state index contributed by atoms with van der Waals surface area (Å²) in [4.78, 5) is 0.306. The molecule has 0 radical (unpaired) electrons. The normalized spacial score (nSPS) is 20.4. The van der Waals surface area contributed by atoms with E-state index in [2.05, 4.69) is 5.32 Å². The molecule has 2 heterocycles. The van der Waals surface area contributed by atoms with Crippen molar-refractivity contribution in [2.24, 2.45) is 0 Å². The summed E-state index contributed by atoms with van der Waals surface area (Å²) < 4.78 is 32.3. The first kappa shape index (κ1) is 13.9. The maximum absolute atomic E-state index is 12.6. The standard InChI is InChI=1S/C14H20N2O3S/c1-11-14(9-13(19-11)10-15-12-5-6-12)20(17,18)16-7-3-2-4-8-16/h2-3,9,12,15H,4-8,10H2,1H3. The quantitative estimate of drug-likeness (QED) is 0.842. The Morgan fingerprint density at radius 3 is 2.85 bits per heavy atom. The molecule has 5 nitrogen and oxygen atoms in total. The van der Waals surface area contributed by atoms with Gasteiger partial charge in [0.25, 0.3) is 0 Å². The lowest BCUT2D eigenvalue weighted by Crippen LogP contribution is -2.33. The van der Waals surface area contributed by atoms with Gasteiger partial charge in [-0.2, -0.15) is 4.31 Å². The van der Waals surface area contributed by atoms with Crippen LogP contribution in [0.5, 0.6) is 0 Å². The van der Waals surface area contributed by atoms with Gasteiger partial charge in [0.1, 0.15) is 16.4 Å². The van der Waals surface area contributed by atoms with Crippen molar-refractivity contribution in [3.63, 3.8) is 0 Å². The van der Waals surface area contributed by atoms with Gasteiger partial charge in [0.15, 0.2) is 0 Å². The Kier molecular flexibility index (Phi) is 3.70. The van der Waals surface area contributed by atoms with Crippen molar-refractivity contribution >= 4 is 10.0 Å². The molecule has 2 aliphatic rings. The van der Waals surface area contributed by atoms with Crippen LogP contribution in [-0.2, 0) is 16.6 Å². The Morgan fingerprint density at radius 2 is 2.20 bits per heavy atom. The van der Waals surface area contributed by atoms with Crippen LogP contribution in [0.4, 0.5) is 0 Å². The summed E-state index contributed by atoms with van der Waals surface area (Å²) in [7, 11) is -3.43. The topological polar surface area (TPSA) is 62.6 Å². The van der Waals surface area contributed by atoms with Crippen molar-refractivity contribution in [2.45, 2.75) is 43.7 Å². The number of aryl methyl sites for hydroxylation is 1. The average Bonchev–Trinajstić information content (AvgIpc) is 3.20. The third-order valence-electron chi connectivity index (χ3n) is 3.70. The first-order valence-electron chi connectivity index (χ1n) is 7.05. The fraction of sp³-hybridized carbons (Fsp3) is 0.571. The van der Waals surface area contributed by atoms with Crippen LogP contribution in [0.1, 0.15) is 30.8 Å². The molecule has 0 atom stereocenters. The van der Waals surface area contributed by atoms with Crippen LogP contribution in [0.2, 0.25) is 0 Å². The van der Waals surface area contributed by atoms with Gasteiger partial charge in [0.2, 0.25) is 10.0 Å². The Labute approximate surface area is 119 Å². The second-order valence-corrected chi connectivity index (χ2v) is 7.32. The molecule has 3 rings (SSSR count). The van der Waals surface area contributed by atoms with Crippen LogP contribution < -0.4 is 5.32 Å². The SMILES string of the molecule is Cc1oc(CNC2CC2)cc1S(=O)(=O)N1CC=CCC1. The van der Waals surface area contributed by atoms with E-state index in [-0.39, 0.29) is 0 Å². The lowest BCUT2D eigenvalue weighted by atomic mass is 10.3. The smallest absolute Gasteiger partial charge is 0.246 e. The molecule has 20 heavy (non-hydrogen) atoms. The van der Waals surface area contributed by atoms with E-state index in [9.17, 15) is 8.42 Å². The first-order chi connectivity index (χ1) is 9.57. The predicted octanol–water partition coefficient (Wildman–Crippen LogP) is 1.79. The summed E-state index contributed by atoms with van der Waals surface area (Å²) in [6.07, 6.45) is 7.08. The van der Waals surface area contributed by atoms with Gasteiger partial charge in [-0.15, -0.1) is 0 Å². The summed E-state index contributed by atoms with van der Waals surface area (Å²) in [6.45, 7) is 3.30. The molecule has 6 heteroatoms. The minimum atomic E-state index is -3.43. The molecule has 0 bridgehead atoms. The molecule has 0 amide bonds. The molecule has 1 aliphatic carbocycles. The van der Waals surface area contributed by atoms with Crippen LogP contribution >= 0.6 is 0 Å². The summed E-state index contributed by atoms with van der Waals surface area (Å²) in [5.74, 6) is 1.17. The molecular formula is C14H20N2O3S. The van der Waals surface area contributed by atoms with Crippen molar-refractivity contribution in [3.05, 3.63) is 29.7 Å². The van der Waals surface area contributed by atoms with Gasteiger partial charge in [0, 0.05) is 25.2 Å². The number of nitrogens with one attached hydrogen (secondary N) is 1. The Hall–Kier alpha value is -1.11. The van der Waals surface area contributed by atoms with Gasteiger partial charge >= 0.3 is 0 Å². The molecule has 0 spiro atoms. The number of hydrogen-bond donors (Lipinski definition) is 1. The summed E-state index contributed by atoms with van der Waals surface area (Å²) in [5.41, 5.74) is 0. The number of nitrogens with zero attached hydrogens (tertiary/aromatic N) is 1. The highest BCUT2D eigenvalue weighted by atomic mass is 32.2. The number of furan rings is 1. The summed E-state index contributed by atoms with van der Waals surface area (Å²) >= 11 is 0. The molecule has 1 N–H and O–H groups in total. The molecular weight excluding hydrogens is 276 g/mol.